The van der Waals surface area contributed by atoms with Crippen LogP contribution in [-0.2, 0) is 58.3 Å². The van der Waals surface area contributed by atoms with Gasteiger partial charge in [-0.05, 0) is 147 Å². The van der Waals surface area contributed by atoms with E-state index in [9.17, 15) is 0 Å². The molecule has 10 aromatic carbocycles. The van der Waals surface area contributed by atoms with Gasteiger partial charge in [0.25, 0.3) is 0 Å². The zero-order valence-electron chi connectivity index (χ0n) is 45.4. The van der Waals surface area contributed by atoms with Crippen molar-refractivity contribution in [1.82, 2.24) is 0 Å². The van der Waals surface area contributed by atoms with Gasteiger partial charge in [0.15, 0.2) is 0 Å². The van der Waals surface area contributed by atoms with Gasteiger partial charge in [0, 0.05) is 60.4 Å². The van der Waals surface area contributed by atoms with Gasteiger partial charge < -0.3 is 23.7 Å². The lowest BCUT2D eigenvalue weighted by Crippen LogP contribution is -2.10. The highest BCUT2D eigenvalue weighted by Gasteiger charge is 2.23. The van der Waals surface area contributed by atoms with E-state index in [-0.39, 0.29) is 0 Å². The topological polar surface area (TPSA) is 70.9 Å². The third kappa shape index (κ3) is 13.4. The fourth-order valence-corrected chi connectivity index (χ4v) is 10.6. The molecule has 10 aromatic rings. The highest BCUT2D eigenvalue weighted by Crippen LogP contribution is 2.41. The molecule has 0 atom stereocenters. The molecule has 1 aliphatic carbocycles. The van der Waals surface area contributed by atoms with Crippen molar-refractivity contribution in [3.63, 3.8) is 0 Å². The van der Waals surface area contributed by atoms with E-state index in [1.54, 1.807) is 14.2 Å². The highest BCUT2D eigenvalue weighted by molar-refractivity contribution is 5.83. The molecule has 11 rings (SSSR count). The Morgan fingerprint density at radius 3 is 1.01 bits per heavy atom. The second-order valence-corrected chi connectivity index (χ2v) is 20.2. The fourth-order valence-electron chi connectivity index (χ4n) is 10.6. The van der Waals surface area contributed by atoms with Gasteiger partial charge in [-0.25, -0.2) is 0 Å². The highest BCUT2D eigenvalue weighted by atomic mass is 16.5. The van der Waals surface area contributed by atoms with Crippen molar-refractivity contribution >= 4 is 23.8 Å². The molecule has 0 heterocycles. The summed E-state index contributed by atoms with van der Waals surface area (Å²) < 4.78 is 32.5. The molecule has 1 aliphatic rings. The number of rotatable bonds is 18. The molecule has 0 aliphatic heterocycles. The zero-order chi connectivity index (χ0) is 54.3. The number of fused-ring (bicyclic) bond motifs is 8. The van der Waals surface area contributed by atoms with Gasteiger partial charge in [0.2, 0.25) is 0 Å². The lowest BCUT2D eigenvalue weighted by Gasteiger charge is -2.23. The summed E-state index contributed by atoms with van der Waals surface area (Å²) in [6, 6.07) is 80.2. The number of hydrogen-bond acceptors (Lipinski definition) is 7. The normalized spacial score (nSPS) is 12.1. The maximum absolute atomic E-state index is 7.18. The minimum Gasteiger partial charge on any atom is -0.497 e. The predicted octanol–water partition coefficient (Wildman–Crippen LogP) is 16.4. The van der Waals surface area contributed by atoms with E-state index >= 15 is 0 Å². The van der Waals surface area contributed by atoms with Gasteiger partial charge in [-0.1, -0.05) is 158 Å². The second kappa shape index (κ2) is 25.8. The molecule has 0 amide bonds. The van der Waals surface area contributed by atoms with Crippen LogP contribution in [0.1, 0.15) is 83.5 Å². The van der Waals surface area contributed by atoms with Crippen molar-refractivity contribution in [2.75, 3.05) is 14.2 Å². The number of benzene rings is 10. The van der Waals surface area contributed by atoms with E-state index in [1.807, 2.05) is 79.2 Å². The largest absolute Gasteiger partial charge is 0.497 e. The maximum Gasteiger partial charge on any atom is 0.127 e. The summed E-state index contributed by atoms with van der Waals surface area (Å²) in [5.41, 5.74) is 18.1. The van der Waals surface area contributed by atoms with E-state index in [4.69, 9.17) is 33.7 Å². The molecule has 80 heavy (non-hydrogen) atoms. The van der Waals surface area contributed by atoms with Crippen molar-refractivity contribution in [2.45, 2.75) is 58.3 Å². The van der Waals surface area contributed by atoms with Crippen LogP contribution in [0.2, 0.25) is 0 Å². The van der Waals surface area contributed by atoms with Crippen LogP contribution >= 0.6 is 0 Å². The van der Waals surface area contributed by atoms with E-state index < -0.39 is 0 Å². The van der Waals surface area contributed by atoms with Crippen LogP contribution < -0.4 is 23.7 Å². The van der Waals surface area contributed by atoms with Crippen LogP contribution in [0.4, 0.5) is 11.4 Å². The molecule has 7 heteroatoms. The summed E-state index contributed by atoms with van der Waals surface area (Å²) in [5, 5.41) is 0. The molecule has 396 valence electrons. The van der Waals surface area contributed by atoms with Crippen LogP contribution in [0.3, 0.4) is 0 Å². The lowest BCUT2D eigenvalue weighted by atomic mass is 9.86. The van der Waals surface area contributed by atoms with Crippen LogP contribution in [-0.4, -0.2) is 26.6 Å². The van der Waals surface area contributed by atoms with E-state index in [0.717, 1.165) is 114 Å². The third-order valence-corrected chi connectivity index (χ3v) is 14.7. The molecule has 0 unspecified atom stereocenters. The summed E-state index contributed by atoms with van der Waals surface area (Å²) in [7, 11) is 3.37. The quantitative estimate of drug-likeness (QED) is 0.0801. The van der Waals surface area contributed by atoms with Gasteiger partial charge >= 0.3 is 0 Å². The number of methoxy groups -OCH3 is 2. The molecular weight excluding hydrogens is 985 g/mol. The fraction of sp³-hybridized carbons (Fsp3) is 0.151. The predicted molar refractivity (Wildman–Crippen MR) is 324 cm³/mol. The first-order chi connectivity index (χ1) is 39.5. The first-order valence-electron chi connectivity index (χ1n) is 27.4. The van der Waals surface area contributed by atoms with E-state index in [0.29, 0.717) is 45.5 Å². The Labute approximate surface area is 470 Å². The van der Waals surface area contributed by atoms with Gasteiger partial charge in [0.1, 0.15) is 48.6 Å². The summed E-state index contributed by atoms with van der Waals surface area (Å²) in [6.07, 6.45) is 7.79. The maximum atomic E-state index is 7.18. The molecule has 0 aromatic heterocycles. The second-order valence-electron chi connectivity index (χ2n) is 20.2. The number of nitrogens with zero attached hydrogens (tertiary/aromatic N) is 2. The van der Waals surface area contributed by atoms with Crippen molar-refractivity contribution < 1.29 is 23.7 Å². The van der Waals surface area contributed by atoms with Crippen molar-refractivity contribution in [3.05, 3.63) is 314 Å². The van der Waals surface area contributed by atoms with Crippen molar-refractivity contribution in [3.8, 4) is 28.7 Å². The Morgan fingerprint density at radius 2 is 0.650 bits per heavy atom. The first-order valence-corrected chi connectivity index (χ1v) is 27.4. The minimum atomic E-state index is 0.384. The van der Waals surface area contributed by atoms with Crippen LogP contribution in [0.5, 0.6) is 28.7 Å². The summed E-state index contributed by atoms with van der Waals surface area (Å²) in [5.74, 6) is 4.12. The average Bonchev–Trinajstić information content (AvgIpc) is 3.58. The SMILES string of the molecule is COc1ccc(C=Nc2cc3c(OCc4ccccc4)c(c2)Cc2cccc(c2OCc2ccccc2)Cc2cc(N=Cc4ccc(OC)cc4)cc(c2OCc2ccccc2)Cc2cccc(c2CCc2ccccc2)C3)cc1. The molecule has 7 nitrogen and oxygen atoms in total. The smallest absolute Gasteiger partial charge is 0.127 e. The molecule has 0 fully saturated rings. The minimum absolute atomic E-state index is 0.384. The van der Waals surface area contributed by atoms with Gasteiger partial charge in [-0.3, -0.25) is 9.98 Å². The van der Waals surface area contributed by atoms with Crippen LogP contribution in [0, 0.1) is 0 Å². The van der Waals surface area contributed by atoms with E-state index in [2.05, 4.69) is 164 Å². The Balaban J connectivity index is 1.13. The Kier molecular flexibility index (Phi) is 17.0. The van der Waals surface area contributed by atoms with Gasteiger partial charge in [-0.2, -0.15) is 0 Å². The molecule has 0 spiro atoms. The van der Waals surface area contributed by atoms with Crippen molar-refractivity contribution in [1.29, 1.82) is 0 Å². The first kappa shape index (κ1) is 52.6. The van der Waals surface area contributed by atoms with Crippen molar-refractivity contribution in [2.24, 2.45) is 9.98 Å². The monoisotopic (exact) mass is 1050 g/mol. The number of para-hydroxylation sites is 1. The third-order valence-electron chi connectivity index (χ3n) is 14.7. The number of aliphatic imine (C=N–C) groups is 2. The summed E-state index contributed by atoms with van der Waals surface area (Å²) in [4.78, 5) is 10.4. The van der Waals surface area contributed by atoms with Gasteiger partial charge in [0.05, 0.1) is 25.6 Å². The molecule has 0 saturated carbocycles. The zero-order valence-corrected chi connectivity index (χ0v) is 45.4. The number of ether oxygens (including phenoxy) is 5. The standard InChI is InChI=1S/C73H64N2O5/c1-76-68-34-29-53(30-35-68)47-74-66-43-62-39-58-25-15-26-59(70(58)38-33-52-17-7-3-8-18-52)40-63-44-67(75-48-54-31-36-69(77-2)37-32-54)46-65(73(63)80-51-57-23-13-6-14-24-57)42-61-28-16-27-60(71(61)78-49-55-19-9-4-10-20-55)41-64(45-66)72(62)79-50-56-21-11-5-12-22-56/h3-32,34-37,43-48H,33,38-42,49-51H2,1-2H3. The Morgan fingerprint density at radius 1 is 0.325 bits per heavy atom. The number of hydrogen-bond donors (Lipinski definition) is 0. The van der Waals surface area contributed by atoms with E-state index in [1.165, 1.54) is 22.3 Å². The summed E-state index contributed by atoms with van der Waals surface area (Å²) >= 11 is 0. The average molecular weight is 1050 g/mol. The molecule has 0 radical (unpaired) electrons. The molecular formula is C73H64N2O5. The Hall–Kier alpha value is -9.46. The van der Waals surface area contributed by atoms with Crippen LogP contribution in [0.25, 0.3) is 0 Å². The molecule has 0 saturated heterocycles. The molecule has 0 N–H and O–H groups in total. The molecule has 8 bridgehead atoms. The number of aryl methyl sites for hydroxylation is 1. The van der Waals surface area contributed by atoms with Gasteiger partial charge in [-0.15, -0.1) is 0 Å². The van der Waals surface area contributed by atoms with Crippen LogP contribution in [0.15, 0.2) is 241 Å². The Bertz CT molecular complexity index is 3370. The lowest BCUT2D eigenvalue weighted by molar-refractivity contribution is 0.295. The summed E-state index contributed by atoms with van der Waals surface area (Å²) in [6.45, 7) is 1.18.